The van der Waals surface area contributed by atoms with Crippen molar-refractivity contribution in [1.82, 2.24) is 20.6 Å². The summed E-state index contributed by atoms with van der Waals surface area (Å²) in [4.78, 5) is 65.4. The zero-order chi connectivity index (χ0) is 21.4. The molecule has 29 heavy (non-hydrogen) atoms. The number of amides is 4. The molecule has 10 nitrogen and oxygen atoms in total. The predicted molar refractivity (Wildman–Crippen MR) is 102 cm³/mol. The van der Waals surface area contributed by atoms with E-state index in [0.29, 0.717) is 11.0 Å². The predicted octanol–water partition coefficient (Wildman–Crippen LogP) is -0.273. The van der Waals surface area contributed by atoms with Crippen molar-refractivity contribution in [3.63, 3.8) is 0 Å². The van der Waals surface area contributed by atoms with E-state index in [4.69, 9.17) is 4.84 Å². The van der Waals surface area contributed by atoms with Gasteiger partial charge in [0.2, 0.25) is 11.8 Å². The van der Waals surface area contributed by atoms with E-state index in [2.05, 4.69) is 29.4 Å². The summed E-state index contributed by atoms with van der Waals surface area (Å²) in [5.74, 6) is -1.73. The number of imide groups is 1. The molecular formula is C19H30N4O6. The van der Waals surface area contributed by atoms with Gasteiger partial charge in [-0.15, -0.1) is 5.06 Å². The minimum absolute atomic E-state index is 0.0205. The number of carbonyl (C=O) groups excluding carboxylic acids is 5. The van der Waals surface area contributed by atoms with Crippen molar-refractivity contribution >= 4 is 29.6 Å². The van der Waals surface area contributed by atoms with Crippen molar-refractivity contribution in [3.8, 4) is 0 Å². The van der Waals surface area contributed by atoms with Crippen LogP contribution in [0.4, 0.5) is 0 Å². The maximum atomic E-state index is 12.3. The number of nitrogens with zero attached hydrogens (tertiary/aromatic N) is 2. The molecule has 2 saturated heterocycles. The first kappa shape index (κ1) is 22.8. The molecule has 0 aliphatic carbocycles. The molecule has 2 rings (SSSR count). The summed E-state index contributed by atoms with van der Waals surface area (Å²) in [7, 11) is 0. The van der Waals surface area contributed by atoms with E-state index < -0.39 is 17.8 Å². The highest BCUT2D eigenvalue weighted by molar-refractivity contribution is 6.01. The van der Waals surface area contributed by atoms with Crippen LogP contribution in [-0.2, 0) is 28.8 Å². The Hall–Kier alpha value is -2.49. The minimum Gasteiger partial charge on any atom is -0.355 e. The number of hydroxylamine groups is 2. The zero-order valence-electron chi connectivity index (χ0n) is 17.1. The van der Waals surface area contributed by atoms with Crippen LogP contribution >= 0.6 is 0 Å². The fraction of sp³-hybridized carbons (Fsp3) is 0.737. The van der Waals surface area contributed by atoms with E-state index in [1.807, 2.05) is 0 Å². The van der Waals surface area contributed by atoms with Crippen molar-refractivity contribution < 1.29 is 28.8 Å². The Balaban J connectivity index is 1.58. The average molecular weight is 419 g/mol. The summed E-state index contributed by atoms with van der Waals surface area (Å²) in [6.07, 6.45) is 1.82. The van der Waals surface area contributed by atoms with Gasteiger partial charge in [0.25, 0.3) is 11.8 Å². The molecule has 1 atom stereocenters. The lowest BCUT2D eigenvalue weighted by Gasteiger charge is -2.25. The first-order chi connectivity index (χ1) is 13.8. The van der Waals surface area contributed by atoms with Crippen molar-refractivity contribution in [2.75, 3.05) is 26.2 Å². The summed E-state index contributed by atoms with van der Waals surface area (Å²) in [6.45, 7) is 6.28. The summed E-state index contributed by atoms with van der Waals surface area (Å²) in [5.41, 5.74) is 0. The molecular weight excluding hydrogens is 389 g/mol. The minimum atomic E-state index is -0.770. The number of hydrogen-bond donors (Lipinski definition) is 2. The molecule has 2 aliphatic rings. The normalized spacial score (nSPS) is 19.7. The number of nitrogens with one attached hydrogen (secondary N) is 2. The molecule has 2 N–H and O–H groups in total. The molecule has 162 valence electrons. The third kappa shape index (κ3) is 7.12. The van der Waals surface area contributed by atoms with Gasteiger partial charge in [0, 0.05) is 38.9 Å². The van der Waals surface area contributed by atoms with Gasteiger partial charge < -0.3 is 15.5 Å². The van der Waals surface area contributed by atoms with E-state index in [9.17, 15) is 24.0 Å². The fourth-order valence-corrected chi connectivity index (χ4v) is 3.43. The van der Waals surface area contributed by atoms with Gasteiger partial charge >= 0.3 is 5.97 Å². The molecule has 0 saturated carbocycles. The van der Waals surface area contributed by atoms with Crippen LogP contribution < -0.4 is 10.6 Å². The Labute approximate surface area is 170 Å². The molecule has 2 aliphatic heterocycles. The quantitative estimate of drug-likeness (QED) is 0.284. The van der Waals surface area contributed by atoms with E-state index in [0.717, 1.165) is 25.9 Å². The monoisotopic (exact) mass is 419 g/mol. The Bertz CT molecular complexity index is 635. The van der Waals surface area contributed by atoms with E-state index in [1.165, 1.54) is 0 Å². The third-order valence-corrected chi connectivity index (χ3v) is 4.77. The number of rotatable bonds is 10. The molecule has 0 bridgehead atoms. The van der Waals surface area contributed by atoms with Crippen molar-refractivity contribution in [2.45, 2.75) is 58.4 Å². The van der Waals surface area contributed by atoms with Crippen molar-refractivity contribution in [2.24, 2.45) is 5.92 Å². The molecule has 0 radical (unpaired) electrons. The van der Waals surface area contributed by atoms with Crippen molar-refractivity contribution in [3.05, 3.63) is 0 Å². The smallest absolute Gasteiger partial charge is 0.334 e. The SMILES string of the molecule is CC(C)C[15N]1CCCC1[13C](=O)N[13CH2][13CH2][13C](=O)[15NH][13CH2][13CH2][13C](=O)ON1C(=O)CCC1=O. The van der Waals surface area contributed by atoms with Gasteiger partial charge in [0.05, 0.1) is 12.5 Å². The molecule has 1 unspecified atom stereocenters. The molecule has 0 aromatic carbocycles. The highest BCUT2D eigenvalue weighted by Crippen LogP contribution is 2.18. The van der Waals surface area contributed by atoms with E-state index >= 15 is 0 Å². The summed E-state index contributed by atoms with van der Waals surface area (Å²) in [6, 6.07) is -0.133. The van der Waals surface area contributed by atoms with Crippen LogP contribution in [0.2, 0.25) is 0 Å². The Kier molecular flexibility index (Phi) is 8.56. The first-order valence-electron chi connectivity index (χ1n) is 10.1. The molecule has 2 fully saturated rings. The Morgan fingerprint density at radius 3 is 2.38 bits per heavy atom. The standard InChI is InChI=1S/C19H30N4O6/c1-13(2)12-22-11-3-4-14(22)19(28)21-9-7-15(24)20-10-8-18(27)29-23-16(25)5-6-17(23)26/h13-14H,3-12H2,1-2H3,(H,20,24)(H,21,28)/i7+1,8+1,9+1,10+1,15+1,18+1,19+1,20+1,22+1. The highest BCUT2D eigenvalue weighted by atomic mass is 16.8. The van der Waals surface area contributed by atoms with Gasteiger partial charge in [-0.3, -0.25) is 24.1 Å². The van der Waals surface area contributed by atoms with Gasteiger partial charge in [-0.05, 0) is 25.3 Å². The highest BCUT2D eigenvalue weighted by Gasteiger charge is 2.33. The van der Waals surface area contributed by atoms with Crippen LogP contribution in [0.3, 0.4) is 0 Å². The van der Waals surface area contributed by atoms with Crippen LogP contribution in [0.25, 0.3) is 0 Å². The maximum Gasteiger partial charge on any atom is 0.334 e. The third-order valence-electron chi connectivity index (χ3n) is 4.77. The Morgan fingerprint density at radius 1 is 1.07 bits per heavy atom. The Morgan fingerprint density at radius 2 is 1.72 bits per heavy atom. The largest absolute Gasteiger partial charge is 0.355 e. The van der Waals surface area contributed by atoms with Gasteiger partial charge in [0.1, 0.15) is 0 Å². The molecule has 0 aromatic heterocycles. The fourth-order valence-electron chi connectivity index (χ4n) is 3.43. The molecule has 0 aromatic rings. The van der Waals surface area contributed by atoms with Crippen LogP contribution in [-0.4, -0.2) is 71.8 Å². The lowest BCUT2D eigenvalue weighted by atomic mass is 10.2. The number of likely N-dealkylation sites (tertiary alicyclic amines) is 1. The van der Waals surface area contributed by atoms with Gasteiger partial charge in [0.15, 0.2) is 0 Å². The van der Waals surface area contributed by atoms with E-state index in [1.54, 1.807) is 0 Å². The second kappa shape index (κ2) is 10.9. The summed E-state index contributed by atoms with van der Waals surface area (Å²) in [5, 5.41) is 5.83. The average Bonchev–Trinajstić information content (AvgIpc) is 3.22. The van der Waals surface area contributed by atoms with Gasteiger partial charge in [-0.2, -0.15) is 0 Å². The van der Waals surface area contributed by atoms with Crippen molar-refractivity contribution in [1.29, 1.82) is 0 Å². The zero-order valence-corrected chi connectivity index (χ0v) is 17.1. The van der Waals surface area contributed by atoms with Gasteiger partial charge in [-0.25, -0.2) is 4.79 Å². The second-order valence-corrected chi connectivity index (χ2v) is 7.73. The van der Waals surface area contributed by atoms with Crippen LogP contribution in [0.5, 0.6) is 0 Å². The topological polar surface area (TPSA) is 125 Å². The summed E-state index contributed by atoms with van der Waals surface area (Å²) < 4.78 is 0. The van der Waals surface area contributed by atoms with Gasteiger partial charge in [-0.1, -0.05) is 13.8 Å². The summed E-state index contributed by atoms with van der Waals surface area (Å²) >= 11 is 0. The van der Waals surface area contributed by atoms with Crippen LogP contribution in [0, 0.1) is 5.92 Å². The lowest BCUT2D eigenvalue weighted by molar-refractivity contribution is -0.197. The van der Waals surface area contributed by atoms with Crippen LogP contribution in [0.15, 0.2) is 0 Å². The molecule has 4 amide bonds. The van der Waals surface area contributed by atoms with Crippen LogP contribution in [0.1, 0.15) is 52.4 Å². The maximum absolute atomic E-state index is 12.3. The van der Waals surface area contributed by atoms with E-state index in [-0.39, 0.29) is 56.6 Å². The second-order valence-electron chi connectivity index (χ2n) is 7.73. The first-order valence-corrected chi connectivity index (χ1v) is 10.1. The lowest BCUT2D eigenvalue weighted by Crippen LogP contribution is -2.45. The molecule has 2 heterocycles. The number of carbonyl (C=O) groups is 5. The molecule has 10 heteroatoms. The molecule has 0 spiro atoms. The number of hydrogen-bond acceptors (Lipinski definition) is 7.